The Balaban J connectivity index is 3.39. The molecule has 0 rings (SSSR count). The maximum Gasteiger partial charge on any atom is 0.303 e. The Kier molecular flexibility index (Phi) is 3.27. The molecule has 0 radical (unpaired) electrons. The molecule has 4 heteroatoms. The second-order valence-corrected chi connectivity index (χ2v) is 1.50. The summed E-state index contributed by atoms with van der Waals surface area (Å²) in [7, 11) is 0. The molecule has 0 unspecified atom stereocenters. The van der Waals surface area contributed by atoms with Gasteiger partial charge in [-0.25, -0.2) is 0 Å². The number of Topliss-reactive ketones (excluding diaryl/α,β-unsaturated/α-hetero) is 1. The van der Waals surface area contributed by atoms with Crippen molar-refractivity contribution in [3.8, 4) is 0 Å². The zero-order valence-electron chi connectivity index (χ0n) is 4.76. The van der Waals surface area contributed by atoms with E-state index in [0.717, 1.165) is 0 Å². The van der Waals surface area contributed by atoms with Crippen molar-refractivity contribution in [3.63, 3.8) is 0 Å². The lowest BCUT2D eigenvalue weighted by Gasteiger charge is -1.86. The Hall–Kier alpha value is -1.19. The van der Waals surface area contributed by atoms with Crippen molar-refractivity contribution in [2.45, 2.75) is 12.8 Å². The van der Waals surface area contributed by atoms with Crippen molar-refractivity contribution in [1.29, 1.82) is 5.41 Å². The Labute approximate surface area is 52.0 Å². The predicted octanol–water partition coefficient (Wildman–Crippen LogP) is 0.0699. The molecule has 0 fully saturated rings. The summed E-state index contributed by atoms with van der Waals surface area (Å²) in [5, 5.41) is 14.4. The van der Waals surface area contributed by atoms with Crippen molar-refractivity contribution in [3.05, 3.63) is 0 Å². The minimum atomic E-state index is -1.01. The van der Waals surface area contributed by atoms with Gasteiger partial charge in [-0.2, -0.15) is 0 Å². The van der Waals surface area contributed by atoms with Crippen molar-refractivity contribution in [2.75, 3.05) is 0 Å². The number of rotatable bonds is 4. The van der Waals surface area contributed by atoms with Crippen LogP contribution in [-0.2, 0) is 9.59 Å². The first-order valence-corrected chi connectivity index (χ1v) is 2.42. The molecular weight excluding hydrogens is 122 g/mol. The number of carboxylic acids is 1. The summed E-state index contributed by atoms with van der Waals surface area (Å²) in [4.78, 5) is 20.0. The second-order valence-electron chi connectivity index (χ2n) is 1.50. The molecule has 0 aromatic carbocycles. The maximum absolute atomic E-state index is 10.2. The molecule has 0 saturated carbocycles. The average Bonchev–Trinajstić information content (AvgIpc) is 1.83. The molecule has 0 aliphatic carbocycles. The Morgan fingerprint density at radius 3 is 2.33 bits per heavy atom. The number of carbonyl (C=O) groups is 2. The molecule has 50 valence electrons. The third-order valence-electron chi connectivity index (χ3n) is 0.746. The van der Waals surface area contributed by atoms with Crippen LogP contribution in [0, 0.1) is 5.41 Å². The number of hydrogen-bond donors (Lipinski definition) is 2. The van der Waals surface area contributed by atoms with Crippen molar-refractivity contribution >= 4 is 18.0 Å². The van der Waals surface area contributed by atoms with Gasteiger partial charge in [0.15, 0.2) is 5.78 Å². The first kappa shape index (κ1) is 7.81. The van der Waals surface area contributed by atoms with Crippen LogP contribution >= 0.6 is 0 Å². The molecule has 0 aromatic rings. The van der Waals surface area contributed by atoms with E-state index in [0.29, 0.717) is 6.21 Å². The number of nitrogens with one attached hydrogen (secondary N) is 1. The Morgan fingerprint density at radius 1 is 1.44 bits per heavy atom. The van der Waals surface area contributed by atoms with E-state index < -0.39 is 11.8 Å². The van der Waals surface area contributed by atoms with E-state index in [9.17, 15) is 9.59 Å². The molecule has 2 N–H and O–H groups in total. The lowest BCUT2D eigenvalue weighted by molar-refractivity contribution is -0.138. The van der Waals surface area contributed by atoms with Gasteiger partial charge in [0.2, 0.25) is 0 Å². The van der Waals surface area contributed by atoms with Crippen molar-refractivity contribution in [1.82, 2.24) is 0 Å². The lowest BCUT2D eigenvalue weighted by atomic mass is 10.2. The van der Waals surface area contributed by atoms with Gasteiger partial charge in [0.25, 0.3) is 0 Å². The van der Waals surface area contributed by atoms with Crippen LogP contribution in [0.15, 0.2) is 0 Å². The highest BCUT2D eigenvalue weighted by Crippen LogP contribution is 1.87. The lowest BCUT2D eigenvalue weighted by Crippen LogP contribution is -2.02. The molecule has 0 bridgehead atoms. The van der Waals surface area contributed by atoms with Crippen LogP contribution in [0.1, 0.15) is 12.8 Å². The van der Waals surface area contributed by atoms with Crippen LogP contribution in [0.25, 0.3) is 0 Å². The van der Waals surface area contributed by atoms with E-state index in [1.807, 2.05) is 0 Å². The fraction of sp³-hybridized carbons (Fsp3) is 0.400. The van der Waals surface area contributed by atoms with E-state index >= 15 is 0 Å². The molecule has 0 amide bonds. The summed E-state index contributed by atoms with van der Waals surface area (Å²) in [5.74, 6) is -1.46. The predicted molar refractivity (Wildman–Crippen MR) is 30.7 cm³/mol. The first-order valence-electron chi connectivity index (χ1n) is 2.42. The smallest absolute Gasteiger partial charge is 0.303 e. The van der Waals surface area contributed by atoms with Gasteiger partial charge in [-0.15, -0.1) is 0 Å². The largest absolute Gasteiger partial charge is 0.481 e. The molecule has 4 nitrogen and oxygen atoms in total. The van der Waals surface area contributed by atoms with Gasteiger partial charge in [-0.3, -0.25) is 9.59 Å². The summed E-state index contributed by atoms with van der Waals surface area (Å²) >= 11 is 0. The van der Waals surface area contributed by atoms with Crippen LogP contribution in [-0.4, -0.2) is 23.1 Å². The fourth-order valence-corrected chi connectivity index (χ4v) is 0.302. The van der Waals surface area contributed by atoms with Crippen LogP contribution in [0.3, 0.4) is 0 Å². The number of ketones is 1. The average molecular weight is 129 g/mol. The summed E-state index contributed by atoms with van der Waals surface area (Å²) in [6.45, 7) is 0. The summed E-state index contributed by atoms with van der Waals surface area (Å²) < 4.78 is 0. The van der Waals surface area contributed by atoms with Crippen LogP contribution in [0.5, 0.6) is 0 Å². The van der Waals surface area contributed by atoms with Gasteiger partial charge in [-0.1, -0.05) is 0 Å². The summed E-state index contributed by atoms with van der Waals surface area (Å²) in [6.07, 6.45) is 0.371. The van der Waals surface area contributed by atoms with Gasteiger partial charge >= 0.3 is 5.97 Å². The molecule has 0 spiro atoms. The fourth-order valence-electron chi connectivity index (χ4n) is 0.302. The number of carboxylic acid groups (broad SMARTS) is 1. The van der Waals surface area contributed by atoms with Crippen LogP contribution in [0.4, 0.5) is 0 Å². The van der Waals surface area contributed by atoms with Crippen LogP contribution < -0.4 is 0 Å². The normalized spacial score (nSPS) is 8.44. The van der Waals surface area contributed by atoms with Crippen molar-refractivity contribution in [2.24, 2.45) is 0 Å². The molecule has 0 atom stereocenters. The van der Waals surface area contributed by atoms with Crippen LogP contribution in [0.2, 0.25) is 0 Å². The highest BCUT2D eigenvalue weighted by atomic mass is 16.4. The van der Waals surface area contributed by atoms with Gasteiger partial charge < -0.3 is 10.5 Å². The Bertz CT molecular complexity index is 141. The SMILES string of the molecule is N=CC(=O)CCC(=O)O. The monoisotopic (exact) mass is 129 g/mol. The summed E-state index contributed by atoms with van der Waals surface area (Å²) in [5.41, 5.74) is 0. The first-order chi connectivity index (χ1) is 4.16. The Morgan fingerprint density at radius 2 is 2.00 bits per heavy atom. The van der Waals surface area contributed by atoms with E-state index in [1.54, 1.807) is 0 Å². The maximum atomic E-state index is 10.2. The standard InChI is InChI=1S/C5H7NO3/c6-3-4(7)1-2-5(8)9/h3,6H,1-2H2,(H,8,9). The highest BCUT2D eigenvalue weighted by molar-refractivity contribution is 6.26. The molecular formula is C5H7NO3. The van der Waals surface area contributed by atoms with E-state index in [4.69, 9.17) is 10.5 Å². The number of hydrogen-bond acceptors (Lipinski definition) is 3. The third-order valence-corrected chi connectivity index (χ3v) is 0.746. The molecule has 0 aliphatic heterocycles. The summed E-state index contributed by atoms with van der Waals surface area (Å²) in [6, 6.07) is 0. The van der Waals surface area contributed by atoms with E-state index in [-0.39, 0.29) is 12.8 Å². The minimum Gasteiger partial charge on any atom is -0.481 e. The highest BCUT2D eigenvalue weighted by Gasteiger charge is 2.00. The van der Waals surface area contributed by atoms with E-state index in [1.165, 1.54) is 0 Å². The topological polar surface area (TPSA) is 78.2 Å². The molecule has 0 aromatic heterocycles. The molecule has 9 heavy (non-hydrogen) atoms. The minimum absolute atomic E-state index is 0.0706. The third kappa shape index (κ3) is 4.67. The van der Waals surface area contributed by atoms with Gasteiger partial charge in [0.05, 0.1) is 12.6 Å². The van der Waals surface area contributed by atoms with E-state index in [2.05, 4.69) is 0 Å². The van der Waals surface area contributed by atoms with Crippen molar-refractivity contribution < 1.29 is 14.7 Å². The number of carbonyl (C=O) groups excluding carboxylic acids is 1. The molecule has 0 heterocycles. The molecule has 0 saturated heterocycles. The quantitative estimate of drug-likeness (QED) is 0.527. The zero-order chi connectivity index (χ0) is 7.28. The number of aliphatic carboxylic acids is 1. The molecule has 0 aliphatic rings. The van der Waals surface area contributed by atoms with Gasteiger partial charge in [0, 0.05) is 6.42 Å². The van der Waals surface area contributed by atoms with Gasteiger partial charge in [0.1, 0.15) is 0 Å². The zero-order valence-corrected chi connectivity index (χ0v) is 4.76. The van der Waals surface area contributed by atoms with Gasteiger partial charge in [-0.05, 0) is 0 Å². The second kappa shape index (κ2) is 3.77.